The van der Waals surface area contributed by atoms with Gasteiger partial charge in [-0.05, 0) is 43.3 Å². The number of hydrogen-bond acceptors (Lipinski definition) is 3. The number of allylic oxidation sites excluding steroid dienone is 1. The minimum absolute atomic E-state index is 0.264. The van der Waals surface area contributed by atoms with E-state index in [1.165, 1.54) is 23.5 Å². The molecule has 2 aromatic rings. The van der Waals surface area contributed by atoms with Crippen LogP contribution in [-0.2, 0) is 16.3 Å². The Kier molecular flexibility index (Phi) is 4.13. The molecule has 0 atom stereocenters. The maximum absolute atomic E-state index is 12.4. The van der Waals surface area contributed by atoms with Gasteiger partial charge >= 0.3 is 0 Å². The van der Waals surface area contributed by atoms with Crippen molar-refractivity contribution < 1.29 is 8.42 Å². The van der Waals surface area contributed by atoms with Gasteiger partial charge < -0.3 is 0 Å². The zero-order valence-electron chi connectivity index (χ0n) is 10.4. The summed E-state index contributed by atoms with van der Waals surface area (Å²) >= 11 is 7.05. The highest BCUT2D eigenvalue weighted by Gasteiger charge is 2.19. The smallest absolute Gasteiger partial charge is 0.215 e. The molecule has 5 heteroatoms. The summed E-state index contributed by atoms with van der Waals surface area (Å²) in [5.41, 5.74) is 1.01. The van der Waals surface area contributed by atoms with Crippen molar-refractivity contribution in [2.24, 2.45) is 0 Å². The molecule has 19 heavy (non-hydrogen) atoms. The summed E-state index contributed by atoms with van der Waals surface area (Å²) in [4.78, 5) is 1.26. The average molecular weight is 313 g/mol. The molecule has 0 radical (unpaired) electrons. The highest BCUT2D eigenvalue weighted by atomic mass is 35.5. The van der Waals surface area contributed by atoms with E-state index in [4.69, 9.17) is 11.6 Å². The maximum Gasteiger partial charge on any atom is 0.215 e. The number of sulfone groups is 1. The monoisotopic (exact) mass is 312 g/mol. The van der Waals surface area contributed by atoms with Crippen LogP contribution in [0.15, 0.2) is 57.7 Å². The first kappa shape index (κ1) is 14.3. The number of hydrogen-bond donors (Lipinski definition) is 0. The van der Waals surface area contributed by atoms with Crippen LogP contribution in [-0.4, -0.2) is 8.42 Å². The quantitative estimate of drug-likeness (QED) is 0.786. The number of rotatable bonds is 4. The highest BCUT2D eigenvalue weighted by Crippen LogP contribution is 2.29. The molecular formula is C14H13ClO2S2. The van der Waals surface area contributed by atoms with Crippen molar-refractivity contribution in [1.82, 2.24) is 0 Å². The van der Waals surface area contributed by atoms with Gasteiger partial charge in [-0.15, -0.1) is 11.3 Å². The Morgan fingerprint density at radius 1 is 1.21 bits per heavy atom. The lowest BCUT2D eigenvalue weighted by molar-refractivity contribution is 0.598. The van der Waals surface area contributed by atoms with Crippen LogP contribution < -0.4 is 0 Å². The summed E-state index contributed by atoms with van der Waals surface area (Å²) in [5, 5.41) is 0.521. The molecule has 0 amide bonds. The molecule has 0 bridgehead atoms. The van der Waals surface area contributed by atoms with E-state index in [1.54, 1.807) is 18.2 Å². The molecule has 0 aliphatic rings. The van der Waals surface area contributed by atoms with E-state index in [1.807, 2.05) is 13.0 Å². The summed E-state index contributed by atoms with van der Waals surface area (Å²) in [6.45, 7) is 5.76. The predicted octanol–water partition coefficient (Wildman–Crippen LogP) is 4.35. The van der Waals surface area contributed by atoms with Gasteiger partial charge in [-0.25, -0.2) is 8.42 Å². The Hall–Kier alpha value is -1.10. The van der Waals surface area contributed by atoms with Gasteiger partial charge in [-0.3, -0.25) is 0 Å². The Balaban J connectivity index is 2.37. The summed E-state index contributed by atoms with van der Waals surface area (Å²) in [7, 11) is -3.44. The predicted molar refractivity (Wildman–Crippen MR) is 79.7 cm³/mol. The van der Waals surface area contributed by atoms with Gasteiger partial charge in [-0.1, -0.05) is 23.8 Å². The molecule has 1 aromatic carbocycles. The normalized spacial score (nSPS) is 11.5. The van der Waals surface area contributed by atoms with Crippen LogP contribution in [0.5, 0.6) is 0 Å². The van der Waals surface area contributed by atoms with Crippen molar-refractivity contribution in [1.29, 1.82) is 0 Å². The fraction of sp³-hybridized carbons (Fsp3) is 0.143. The maximum atomic E-state index is 12.4. The Morgan fingerprint density at radius 3 is 2.42 bits per heavy atom. The molecule has 0 saturated carbocycles. The molecule has 2 nitrogen and oxygen atoms in total. The Labute approximate surface area is 122 Å². The van der Waals surface area contributed by atoms with Crippen LogP contribution in [0.4, 0.5) is 0 Å². The summed E-state index contributed by atoms with van der Waals surface area (Å²) in [6.07, 6.45) is 0.709. The van der Waals surface area contributed by atoms with Gasteiger partial charge in [0.05, 0.1) is 4.90 Å². The first-order valence-electron chi connectivity index (χ1n) is 5.63. The molecule has 1 heterocycles. The molecule has 2 rings (SSSR count). The molecule has 0 saturated heterocycles. The summed E-state index contributed by atoms with van der Waals surface area (Å²) in [6, 6.07) is 9.69. The molecular weight excluding hydrogens is 300 g/mol. The Morgan fingerprint density at radius 2 is 1.84 bits per heavy atom. The van der Waals surface area contributed by atoms with E-state index in [2.05, 4.69) is 6.58 Å². The van der Waals surface area contributed by atoms with E-state index in [0.717, 1.165) is 10.5 Å². The molecule has 0 aliphatic carbocycles. The molecule has 0 unspecified atom stereocenters. The third kappa shape index (κ3) is 3.26. The third-order valence-electron chi connectivity index (χ3n) is 2.50. The van der Waals surface area contributed by atoms with Crippen LogP contribution >= 0.6 is 22.9 Å². The van der Waals surface area contributed by atoms with E-state index >= 15 is 0 Å². The standard InChI is InChI=1S/C14H13ClO2S2/c1-10(2)9-12-5-8-14(18-12)19(16,17)13-6-3-11(15)4-7-13/h3-8H,1,9H2,2H3. The van der Waals surface area contributed by atoms with Crippen LogP contribution in [0.1, 0.15) is 11.8 Å². The van der Waals surface area contributed by atoms with E-state index in [-0.39, 0.29) is 4.90 Å². The summed E-state index contributed by atoms with van der Waals surface area (Å²) < 4.78 is 25.1. The second-order valence-corrected chi connectivity index (χ2v) is 8.09. The number of benzene rings is 1. The fourth-order valence-electron chi connectivity index (χ4n) is 1.63. The van der Waals surface area contributed by atoms with Gasteiger partial charge in [0.2, 0.25) is 9.84 Å². The van der Waals surface area contributed by atoms with Crippen LogP contribution in [0.3, 0.4) is 0 Å². The molecule has 0 N–H and O–H groups in total. The average Bonchev–Trinajstić information content (AvgIpc) is 2.78. The largest absolute Gasteiger partial charge is 0.218 e. The highest BCUT2D eigenvalue weighted by molar-refractivity contribution is 7.93. The van der Waals surface area contributed by atoms with Crippen molar-refractivity contribution in [3.8, 4) is 0 Å². The van der Waals surface area contributed by atoms with Gasteiger partial charge in [-0.2, -0.15) is 0 Å². The second kappa shape index (κ2) is 5.49. The van der Waals surface area contributed by atoms with Gasteiger partial charge in [0.25, 0.3) is 0 Å². The van der Waals surface area contributed by atoms with Gasteiger partial charge in [0.15, 0.2) is 0 Å². The van der Waals surface area contributed by atoms with Crippen LogP contribution in [0.2, 0.25) is 5.02 Å². The molecule has 1 aromatic heterocycles. The number of halogens is 1. The SMILES string of the molecule is C=C(C)Cc1ccc(S(=O)(=O)c2ccc(Cl)cc2)s1. The van der Waals surface area contributed by atoms with E-state index < -0.39 is 9.84 Å². The first-order chi connectivity index (χ1) is 8.89. The van der Waals surface area contributed by atoms with E-state index in [9.17, 15) is 8.42 Å². The third-order valence-corrected chi connectivity index (χ3v) is 6.10. The van der Waals surface area contributed by atoms with Crippen molar-refractivity contribution in [3.63, 3.8) is 0 Å². The first-order valence-corrected chi connectivity index (χ1v) is 8.31. The second-order valence-electron chi connectivity index (χ2n) is 4.31. The van der Waals surface area contributed by atoms with E-state index in [0.29, 0.717) is 15.7 Å². The molecule has 0 fully saturated rings. The molecule has 0 aliphatic heterocycles. The van der Waals surface area contributed by atoms with Crippen molar-refractivity contribution >= 4 is 32.8 Å². The summed E-state index contributed by atoms with van der Waals surface area (Å²) in [5.74, 6) is 0. The lowest BCUT2D eigenvalue weighted by Crippen LogP contribution is -1.98. The lowest BCUT2D eigenvalue weighted by Gasteiger charge is -2.01. The van der Waals surface area contributed by atoms with Crippen molar-refractivity contribution in [3.05, 3.63) is 58.5 Å². The molecule has 100 valence electrons. The fourth-order valence-corrected chi connectivity index (χ4v) is 4.62. The van der Waals surface area contributed by atoms with Crippen LogP contribution in [0, 0.1) is 0 Å². The number of thiophene rings is 1. The van der Waals surface area contributed by atoms with Gasteiger partial charge in [0.1, 0.15) is 4.21 Å². The lowest BCUT2D eigenvalue weighted by atomic mass is 10.2. The van der Waals surface area contributed by atoms with Crippen molar-refractivity contribution in [2.45, 2.75) is 22.4 Å². The minimum Gasteiger partial charge on any atom is -0.218 e. The molecule has 0 spiro atoms. The van der Waals surface area contributed by atoms with Crippen molar-refractivity contribution in [2.75, 3.05) is 0 Å². The minimum atomic E-state index is -3.44. The zero-order chi connectivity index (χ0) is 14.0. The van der Waals surface area contributed by atoms with Gasteiger partial charge in [0, 0.05) is 16.3 Å². The van der Waals surface area contributed by atoms with Crippen LogP contribution in [0.25, 0.3) is 0 Å². The topological polar surface area (TPSA) is 34.1 Å². The Bertz CT molecular complexity index is 697. The zero-order valence-corrected chi connectivity index (χ0v) is 12.8.